The molecule has 0 radical (unpaired) electrons. The van der Waals surface area contributed by atoms with Gasteiger partial charge >= 0.3 is 12.0 Å². The van der Waals surface area contributed by atoms with E-state index in [0.717, 1.165) is 16.2 Å². The van der Waals surface area contributed by atoms with Crippen molar-refractivity contribution in [3.05, 3.63) is 40.9 Å². The summed E-state index contributed by atoms with van der Waals surface area (Å²) < 4.78 is 20.4. The van der Waals surface area contributed by atoms with E-state index in [1.54, 1.807) is 38.3 Å². The number of ether oxygens (including phenoxy) is 4. The smallest absolute Gasteiger partial charge is 0.357 e. The molecule has 35 heavy (non-hydrogen) atoms. The fourth-order valence-corrected chi connectivity index (χ4v) is 4.04. The Kier molecular flexibility index (Phi) is 8.73. The lowest BCUT2D eigenvalue weighted by atomic mass is 10.1. The van der Waals surface area contributed by atoms with Gasteiger partial charge in [-0.25, -0.2) is 19.5 Å². The number of amides is 4. The Morgan fingerprint density at radius 1 is 1.17 bits per heavy atom. The summed E-state index contributed by atoms with van der Waals surface area (Å²) >= 11 is 1.000. The maximum atomic E-state index is 13.2. The Hall–Kier alpha value is -3.55. The van der Waals surface area contributed by atoms with Gasteiger partial charge in [0.2, 0.25) is 0 Å². The van der Waals surface area contributed by atoms with Crippen molar-refractivity contribution in [3.63, 3.8) is 0 Å². The first-order chi connectivity index (χ1) is 16.8. The van der Waals surface area contributed by atoms with Gasteiger partial charge in [-0.15, -0.1) is 11.3 Å². The standard InChI is InChI=1S/C22H26N4O8S/c1-12(32-3)17(18(27)25-21-23-15(11-35-21)20(29)33-4)26-19(28)16(24-22(26)30)13-5-7-14(8-6-13)34-10-9-31-2/h5-8,11-12,16-17H,9-10H2,1-4H3,(H,24,30)(H,23,25,27). The third-order valence-electron chi connectivity index (χ3n) is 5.23. The number of nitrogens with one attached hydrogen (secondary N) is 2. The van der Waals surface area contributed by atoms with E-state index in [0.29, 0.717) is 24.5 Å². The largest absolute Gasteiger partial charge is 0.491 e. The topological polar surface area (TPSA) is 145 Å². The molecule has 1 saturated heterocycles. The molecule has 3 unspecified atom stereocenters. The molecule has 0 aliphatic carbocycles. The number of carbonyl (C=O) groups is 4. The predicted molar refractivity (Wildman–Crippen MR) is 124 cm³/mol. The summed E-state index contributed by atoms with van der Waals surface area (Å²) in [5, 5.41) is 6.68. The second kappa shape index (κ2) is 11.7. The minimum atomic E-state index is -1.29. The molecule has 2 N–H and O–H groups in total. The van der Waals surface area contributed by atoms with Crippen molar-refractivity contribution in [3.8, 4) is 5.75 Å². The lowest BCUT2D eigenvalue weighted by Crippen LogP contribution is -2.53. The van der Waals surface area contributed by atoms with Crippen molar-refractivity contribution >= 4 is 40.3 Å². The second-order valence-corrected chi connectivity index (χ2v) is 8.26. The quantitative estimate of drug-likeness (QED) is 0.264. The van der Waals surface area contributed by atoms with Gasteiger partial charge < -0.3 is 29.6 Å². The van der Waals surface area contributed by atoms with Crippen LogP contribution in [0, 0.1) is 0 Å². The molecule has 4 amide bonds. The zero-order valence-corrected chi connectivity index (χ0v) is 20.4. The number of imide groups is 1. The SMILES string of the molecule is COCCOc1ccc(C2NC(=O)N(C(C(=O)Nc3nc(C(=O)OC)cs3)C(C)OC)C2=O)cc1. The molecule has 2 aromatic rings. The van der Waals surface area contributed by atoms with Crippen molar-refractivity contribution in [1.29, 1.82) is 0 Å². The lowest BCUT2D eigenvalue weighted by molar-refractivity contribution is -0.137. The number of methoxy groups -OCH3 is 3. The third-order valence-corrected chi connectivity index (χ3v) is 5.99. The predicted octanol–water partition coefficient (Wildman–Crippen LogP) is 1.59. The number of thiazole rings is 1. The van der Waals surface area contributed by atoms with E-state index in [9.17, 15) is 19.2 Å². The number of aromatic nitrogens is 1. The molecule has 0 bridgehead atoms. The Balaban J connectivity index is 1.77. The molecule has 1 fully saturated rings. The van der Waals surface area contributed by atoms with Crippen LogP contribution in [0.4, 0.5) is 9.93 Å². The number of benzene rings is 1. The van der Waals surface area contributed by atoms with Crippen LogP contribution < -0.4 is 15.4 Å². The van der Waals surface area contributed by atoms with E-state index >= 15 is 0 Å². The van der Waals surface area contributed by atoms with Gasteiger partial charge in [-0.2, -0.15) is 0 Å². The molecule has 188 valence electrons. The van der Waals surface area contributed by atoms with Gasteiger partial charge in [0.05, 0.1) is 19.8 Å². The third kappa shape index (κ3) is 5.93. The van der Waals surface area contributed by atoms with E-state index in [-0.39, 0.29) is 10.8 Å². The van der Waals surface area contributed by atoms with Crippen LogP contribution in [0.2, 0.25) is 0 Å². The average molecular weight is 507 g/mol. The van der Waals surface area contributed by atoms with Gasteiger partial charge in [-0.1, -0.05) is 12.1 Å². The summed E-state index contributed by atoms with van der Waals surface area (Å²) in [6, 6.07) is 3.66. The summed E-state index contributed by atoms with van der Waals surface area (Å²) in [7, 11) is 4.15. The number of esters is 1. The number of carbonyl (C=O) groups excluding carboxylic acids is 4. The van der Waals surface area contributed by atoms with E-state index in [1.807, 2.05) is 0 Å². The van der Waals surface area contributed by atoms with Gasteiger partial charge in [0.25, 0.3) is 11.8 Å². The highest BCUT2D eigenvalue weighted by Gasteiger charge is 2.47. The van der Waals surface area contributed by atoms with Gasteiger partial charge in [0.15, 0.2) is 10.8 Å². The van der Waals surface area contributed by atoms with Crippen molar-refractivity contribution < 1.29 is 38.1 Å². The zero-order valence-electron chi connectivity index (χ0n) is 19.6. The molecule has 12 nitrogen and oxygen atoms in total. The van der Waals surface area contributed by atoms with Crippen molar-refractivity contribution in [2.45, 2.75) is 25.1 Å². The van der Waals surface area contributed by atoms with Gasteiger partial charge in [0, 0.05) is 19.6 Å². The Morgan fingerprint density at radius 2 is 1.89 bits per heavy atom. The first-order valence-corrected chi connectivity index (χ1v) is 11.4. The Labute approximate surface area is 205 Å². The monoisotopic (exact) mass is 506 g/mol. The van der Waals surface area contributed by atoms with E-state index < -0.39 is 42.0 Å². The highest BCUT2D eigenvalue weighted by Crippen LogP contribution is 2.27. The maximum absolute atomic E-state index is 13.2. The summed E-state index contributed by atoms with van der Waals surface area (Å²) in [5.41, 5.74) is 0.547. The molecule has 3 rings (SSSR count). The van der Waals surface area contributed by atoms with Crippen molar-refractivity contribution in [2.75, 3.05) is 39.9 Å². The molecule has 3 atom stereocenters. The number of rotatable bonds is 11. The molecule has 1 aliphatic heterocycles. The van der Waals surface area contributed by atoms with E-state index in [1.165, 1.54) is 19.6 Å². The molecule has 0 spiro atoms. The summed E-state index contributed by atoms with van der Waals surface area (Å²) in [6.07, 6.45) is -0.833. The van der Waals surface area contributed by atoms with Gasteiger partial charge in [-0.05, 0) is 24.6 Å². The van der Waals surface area contributed by atoms with Crippen LogP contribution >= 0.6 is 11.3 Å². The van der Waals surface area contributed by atoms with E-state index in [2.05, 4.69) is 20.4 Å². The lowest BCUT2D eigenvalue weighted by Gasteiger charge is -2.28. The van der Waals surface area contributed by atoms with Crippen molar-refractivity contribution in [2.24, 2.45) is 0 Å². The van der Waals surface area contributed by atoms with Crippen LogP contribution in [0.5, 0.6) is 5.75 Å². The number of anilines is 1. The summed E-state index contributed by atoms with van der Waals surface area (Å²) in [6.45, 7) is 2.36. The Morgan fingerprint density at radius 3 is 2.51 bits per heavy atom. The molecule has 1 aromatic carbocycles. The minimum Gasteiger partial charge on any atom is -0.491 e. The first kappa shape index (κ1) is 26.1. The highest BCUT2D eigenvalue weighted by molar-refractivity contribution is 7.14. The number of hydrogen-bond acceptors (Lipinski definition) is 10. The first-order valence-electron chi connectivity index (χ1n) is 10.5. The zero-order chi connectivity index (χ0) is 25.5. The molecular weight excluding hydrogens is 480 g/mol. The molecule has 13 heteroatoms. The number of urea groups is 1. The van der Waals surface area contributed by atoms with E-state index in [4.69, 9.17) is 14.2 Å². The summed E-state index contributed by atoms with van der Waals surface area (Å²) in [5.74, 6) is -1.38. The Bertz CT molecular complexity index is 1070. The van der Waals surface area contributed by atoms with Crippen LogP contribution in [0.25, 0.3) is 0 Å². The number of hydrogen-bond donors (Lipinski definition) is 2. The van der Waals surface area contributed by atoms with Crippen LogP contribution in [-0.4, -0.2) is 80.4 Å². The molecule has 1 aromatic heterocycles. The highest BCUT2D eigenvalue weighted by atomic mass is 32.1. The maximum Gasteiger partial charge on any atom is 0.357 e. The second-order valence-electron chi connectivity index (χ2n) is 7.41. The molecule has 0 saturated carbocycles. The fraction of sp³-hybridized carbons (Fsp3) is 0.409. The van der Waals surface area contributed by atoms with Crippen molar-refractivity contribution in [1.82, 2.24) is 15.2 Å². The summed E-state index contributed by atoms with van der Waals surface area (Å²) in [4.78, 5) is 55.6. The fourth-order valence-electron chi connectivity index (χ4n) is 3.36. The van der Waals surface area contributed by atoms with Crippen LogP contribution in [0.3, 0.4) is 0 Å². The average Bonchev–Trinajstić information content (AvgIpc) is 3.44. The number of nitrogens with zero attached hydrogens (tertiary/aromatic N) is 2. The normalized spacial score (nSPS) is 17.0. The van der Waals surface area contributed by atoms with Crippen LogP contribution in [0.1, 0.15) is 29.0 Å². The molecule has 1 aliphatic rings. The molecular formula is C22H26N4O8S. The van der Waals surface area contributed by atoms with Gasteiger partial charge in [0.1, 0.15) is 24.4 Å². The minimum absolute atomic E-state index is 0.0221. The van der Waals surface area contributed by atoms with Crippen LogP contribution in [-0.2, 0) is 23.8 Å². The molecule has 2 heterocycles. The van der Waals surface area contributed by atoms with Crippen LogP contribution in [0.15, 0.2) is 29.6 Å². The van der Waals surface area contributed by atoms with Gasteiger partial charge in [-0.3, -0.25) is 9.59 Å².